The maximum absolute atomic E-state index is 12.4. The van der Waals surface area contributed by atoms with E-state index in [4.69, 9.17) is 4.42 Å². The molecule has 1 atom stereocenters. The van der Waals surface area contributed by atoms with Crippen molar-refractivity contribution in [1.82, 2.24) is 5.32 Å². The van der Waals surface area contributed by atoms with Crippen molar-refractivity contribution in [2.45, 2.75) is 39.7 Å². The molecule has 2 aromatic heterocycles. The van der Waals surface area contributed by atoms with E-state index in [-0.39, 0.29) is 17.4 Å². The highest BCUT2D eigenvalue weighted by molar-refractivity contribution is 14.1. The first-order chi connectivity index (χ1) is 9.84. The summed E-state index contributed by atoms with van der Waals surface area (Å²) in [5.74, 6) is 1.94. The average Bonchev–Trinajstić information content (AvgIpc) is 2.93. The number of nitrogens with one attached hydrogen (secondary N) is 1. The summed E-state index contributed by atoms with van der Waals surface area (Å²) >= 11 is 3.83. The number of carbonyl (C=O) groups excluding carboxylic acids is 1. The van der Waals surface area contributed by atoms with Crippen LogP contribution in [0.25, 0.3) is 0 Å². The molecule has 1 unspecified atom stereocenters. The Morgan fingerprint density at radius 1 is 1.48 bits per heavy atom. The largest absolute Gasteiger partial charge is 0.466 e. The van der Waals surface area contributed by atoms with Crippen molar-refractivity contribution >= 4 is 39.8 Å². The summed E-state index contributed by atoms with van der Waals surface area (Å²) in [7, 11) is 0. The molecule has 21 heavy (non-hydrogen) atoms. The van der Waals surface area contributed by atoms with Crippen LogP contribution in [0.1, 0.15) is 53.8 Å². The number of thiophene rings is 1. The van der Waals surface area contributed by atoms with Crippen molar-refractivity contribution in [2.75, 3.05) is 0 Å². The number of carbonyl (C=O) groups is 1. The molecule has 0 spiro atoms. The van der Waals surface area contributed by atoms with Crippen molar-refractivity contribution < 1.29 is 9.21 Å². The fraction of sp³-hybridized carbons (Fsp3) is 0.438. The van der Waals surface area contributed by atoms with Crippen molar-refractivity contribution in [1.29, 1.82) is 0 Å². The van der Waals surface area contributed by atoms with E-state index in [0.29, 0.717) is 0 Å². The van der Waals surface area contributed by atoms with E-state index >= 15 is 0 Å². The van der Waals surface area contributed by atoms with Gasteiger partial charge in [-0.1, -0.05) is 13.8 Å². The van der Waals surface area contributed by atoms with Crippen molar-refractivity contribution in [3.8, 4) is 0 Å². The molecule has 2 aromatic rings. The van der Waals surface area contributed by atoms with Crippen LogP contribution in [0, 0.1) is 15.2 Å². The van der Waals surface area contributed by atoms with Crippen molar-refractivity contribution in [3.05, 3.63) is 43.0 Å². The fourth-order valence-corrected chi connectivity index (χ4v) is 4.31. The zero-order valence-electron chi connectivity index (χ0n) is 12.3. The topological polar surface area (TPSA) is 42.2 Å². The summed E-state index contributed by atoms with van der Waals surface area (Å²) in [5, 5.41) is 5.09. The van der Waals surface area contributed by atoms with Gasteiger partial charge in [0.2, 0.25) is 0 Å². The van der Waals surface area contributed by atoms with Gasteiger partial charge in [0.1, 0.15) is 11.5 Å². The predicted molar refractivity (Wildman–Crippen MR) is 92.8 cm³/mol. The first-order valence-electron chi connectivity index (χ1n) is 6.98. The van der Waals surface area contributed by atoms with Gasteiger partial charge >= 0.3 is 0 Å². The van der Waals surface area contributed by atoms with E-state index in [1.807, 2.05) is 18.4 Å². The second-order valence-corrected chi connectivity index (χ2v) is 9.25. The van der Waals surface area contributed by atoms with Gasteiger partial charge in [0.25, 0.3) is 5.91 Å². The van der Waals surface area contributed by atoms with E-state index in [0.717, 1.165) is 38.4 Å². The molecule has 0 saturated heterocycles. The van der Waals surface area contributed by atoms with Gasteiger partial charge in [-0.05, 0) is 53.5 Å². The molecule has 0 aromatic carbocycles. The minimum atomic E-state index is 0.00155. The molecule has 1 N–H and O–H groups in total. The molecule has 112 valence electrons. The molecule has 1 aliphatic rings. The van der Waals surface area contributed by atoms with Crippen LogP contribution in [-0.4, -0.2) is 5.91 Å². The normalized spacial score (nSPS) is 20.1. The SMILES string of the molecule is Cc1cc2c(o1)CC(C)(C)CC2NC(=O)c1csc(I)c1. The molecule has 0 bridgehead atoms. The maximum atomic E-state index is 12.4. The van der Waals surface area contributed by atoms with Crippen LogP contribution >= 0.6 is 33.9 Å². The van der Waals surface area contributed by atoms with Gasteiger partial charge in [-0.25, -0.2) is 0 Å². The minimum Gasteiger partial charge on any atom is -0.466 e. The van der Waals surface area contributed by atoms with Crippen LogP contribution in [0.15, 0.2) is 21.9 Å². The van der Waals surface area contributed by atoms with Crippen LogP contribution in [0.3, 0.4) is 0 Å². The third-order valence-electron chi connectivity index (χ3n) is 3.87. The van der Waals surface area contributed by atoms with Gasteiger partial charge in [-0.3, -0.25) is 4.79 Å². The lowest BCUT2D eigenvalue weighted by atomic mass is 9.74. The van der Waals surface area contributed by atoms with E-state index in [1.165, 1.54) is 0 Å². The lowest BCUT2D eigenvalue weighted by molar-refractivity contribution is 0.0918. The highest BCUT2D eigenvalue weighted by Gasteiger charge is 2.35. The van der Waals surface area contributed by atoms with Crippen LogP contribution < -0.4 is 5.32 Å². The molecule has 5 heteroatoms. The molecule has 3 nitrogen and oxygen atoms in total. The Balaban J connectivity index is 1.86. The molecule has 0 radical (unpaired) electrons. The summed E-state index contributed by atoms with van der Waals surface area (Å²) in [4.78, 5) is 12.4. The van der Waals surface area contributed by atoms with E-state index in [1.54, 1.807) is 11.3 Å². The van der Waals surface area contributed by atoms with E-state index in [2.05, 4.69) is 47.8 Å². The number of fused-ring (bicyclic) bond motifs is 1. The number of amides is 1. The van der Waals surface area contributed by atoms with E-state index in [9.17, 15) is 4.79 Å². The molecular weight excluding hydrogens is 397 g/mol. The van der Waals surface area contributed by atoms with Crippen molar-refractivity contribution in [3.63, 3.8) is 0 Å². The predicted octanol–water partition coefficient (Wildman–Crippen LogP) is 4.70. The minimum absolute atomic E-state index is 0.00155. The van der Waals surface area contributed by atoms with Crippen LogP contribution in [0.5, 0.6) is 0 Å². The highest BCUT2D eigenvalue weighted by Crippen LogP contribution is 2.42. The monoisotopic (exact) mass is 415 g/mol. The Hall–Kier alpha value is -0.820. The fourth-order valence-electron chi connectivity index (χ4n) is 2.98. The van der Waals surface area contributed by atoms with Crippen LogP contribution in [0.4, 0.5) is 0 Å². The molecular formula is C16H18INO2S. The Morgan fingerprint density at radius 3 is 2.90 bits per heavy atom. The van der Waals surface area contributed by atoms with Crippen LogP contribution in [0.2, 0.25) is 0 Å². The van der Waals surface area contributed by atoms with Crippen LogP contribution in [-0.2, 0) is 6.42 Å². The van der Waals surface area contributed by atoms with Crippen molar-refractivity contribution in [2.24, 2.45) is 5.41 Å². The zero-order chi connectivity index (χ0) is 15.2. The Kier molecular flexibility index (Phi) is 3.90. The lowest BCUT2D eigenvalue weighted by Gasteiger charge is -2.34. The highest BCUT2D eigenvalue weighted by atomic mass is 127. The average molecular weight is 415 g/mol. The van der Waals surface area contributed by atoms with Gasteiger partial charge in [0.15, 0.2) is 0 Å². The number of hydrogen-bond acceptors (Lipinski definition) is 3. The maximum Gasteiger partial charge on any atom is 0.252 e. The number of halogens is 1. The standard InChI is InChI=1S/C16H18INO2S/c1-9-4-11-12(6-16(2,3)7-13(11)20-9)18-15(19)10-5-14(17)21-8-10/h4-5,8,12H,6-7H2,1-3H3,(H,18,19). The summed E-state index contributed by atoms with van der Waals surface area (Å²) in [6, 6.07) is 4.02. The Bertz CT molecular complexity index is 686. The number of rotatable bonds is 2. The summed E-state index contributed by atoms with van der Waals surface area (Å²) < 4.78 is 6.94. The van der Waals surface area contributed by atoms with Gasteiger partial charge in [0.05, 0.1) is 14.5 Å². The third-order valence-corrected chi connectivity index (χ3v) is 5.66. The van der Waals surface area contributed by atoms with E-state index < -0.39 is 0 Å². The number of aryl methyl sites for hydroxylation is 1. The lowest BCUT2D eigenvalue weighted by Crippen LogP contribution is -2.35. The molecule has 0 fully saturated rings. The van der Waals surface area contributed by atoms with Gasteiger partial charge in [0, 0.05) is 17.4 Å². The molecule has 3 rings (SSSR count). The second-order valence-electron chi connectivity index (χ2n) is 6.45. The summed E-state index contributed by atoms with van der Waals surface area (Å²) in [5.41, 5.74) is 2.03. The molecule has 1 amide bonds. The first-order valence-corrected chi connectivity index (χ1v) is 8.94. The number of furan rings is 1. The molecule has 2 heterocycles. The molecule has 1 aliphatic carbocycles. The summed E-state index contributed by atoms with van der Waals surface area (Å²) in [6.07, 6.45) is 1.87. The quantitative estimate of drug-likeness (QED) is 0.723. The number of hydrogen-bond donors (Lipinski definition) is 1. The Labute approximate surface area is 142 Å². The van der Waals surface area contributed by atoms with Gasteiger partial charge in [-0.2, -0.15) is 0 Å². The first kappa shape index (κ1) is 15.1. The smallest absolute Gasteiger partial charge is 0.252 e. The second kappa shape index (κ2) is 5.43. The molecule has 0 aliphatic heterocycles. The van der Waals surface area contributed by atoms with Gasteiger partial charge in [-0.15, -0.1) is 11.3 Å². The third kappa shape index (κ3) is 3.18. The summed E-state index contributed by atoms with van der Waals surface area (Å²) in [6.45, 7) is 6.41. The zero-order valence-corrected chi connectivity index (χ0v) is 15.3. The molecule has 0 saturated carbocycles. The Morgan fingerprint density at radius 2 is 2.24 bits per heavy atom. The van der Waals surface area contributed by atoms with Gasteiger partial charge < -0.3 is 9.73 Å².